The van der Waals surface area contributed by atoms with Gasteiger partial charge in [-0.15, -0.1) is 0 Å². The zero-order valence-corrected chi connectivity index (χ0v) is 20.9. The first kappa shape index (κ1) is 26.7. The van der Waals surface area contributed by atoms with Gasteiger partial charge in [0, 0.05) is 24.8 Å². The summed E-state index contributed by atoms with van der Waals surface area (Å²) in [6, 6.07) is 16.2. The molecule has 1 fully saturated rings. The van der Waals surface area contributed by atoms with Crippen molar-refractivity contribution < 1.29 is 14.3 Å². The summed E-state index contributed by atoms with van der Waals surface area (Å²) in [5.41, 5.74) is 8.99. The first-order chi connectivity index (χ1) is 17.7. The number of nitrogens with two attached hydrogens (primary N) is 1. The summed E-state index contributed by atoms with van der Waals surface area (Å²) in [6.07, 6.45) is 6.18. The summed E-state index contributed by atoms with van der Waals surface area (Å²) in [7, 11) is 3.43. The highest BCUT2D eigenvalue weighted by Gasteiger charge is 2.29. The third kappa shape index (κ3) is 6.20. The molecule has 1 aliphatic heterocycles. The van der Waals surface area contributed by atoms with E-state index in [-0.39, 0.29) is 6.04 Å². The van der Waals surface area contributed by atoms with E-state index in [1.165, 1.54) is 31.5 Å². The van der Waals surface area contributed by atoms with Crippen LogP contribution in [0, 0.1) is 5.92 Å². The van der Waals surface area contributed by atoms with Gasteiger partial charge in [0.25, 0.3) is 0 Å². The van der Waals surface area contributed by atoms with E-state index in [1.54, 1.807) is 0 Å². The number of carbonyl (C=O) groups excluding carboxylic acids is 2. The number of fused-ring (bicyclic) bond motifs is 1. The molecule has 8 nitrogen and oxygen atoms in total. The van der Waals surface area contributed by atoms with Gasteiger partial charge in [0.15, 0.2) is 6.29 Å². The summed E-state index contributed by atoms with van der Waals surface area (Å²) in [4.78, 5) is 21.1. The summed E-state index contributed by atoms with van der Waals surface area (Å²) < 4.78 is 7.81. The number of carbonyl (C=O) groups is 2. The monoisotopic (exact) mass is 489 g/mol. The van der Waals surface area contributed by atoms with Crippen LogP contribution in [0.25, 0.3) is 11.3 Å². The Morgan fingerprint density at radius 3 is 2.44 bits per heavy atom. The summed E-state index contributed by atoms with van der Waals surface area (Å²) in [6.45, 7) is 4.69. The molecule has 0 radical (unpaired) electrons. The van der Waals surface area contributed by atoms with E-state index in [1.807, 2.05) is 48.1 Å². The van der Waals surface area contributed by atoms with Crippen molar-refractivity contribution in [3.63, 3.8) is 0 Å². The molecule has 2 heterocycles. The number of para-hydroxylation sites is 1. The van der Waals surface area contributed by atoms with Crippen LogP contribution in [0.15, 0.2) is 61.2 Å². The van der Waals surface area contributed by atoms with Gasteiger partial charge in [0.1, 0.15) is 23.5 Å². The standard InChI is InChI=1S/C24H26N4O2.C3H4O.CH5N/c1-25-21-5-3-2-4-19(21)22-12-13-26-24-20(14-29)23(27-28(22)24)17-8-10-18(11-9-17)30-15-16-6-7-16;1-2-3-4;1-2/h2-5,8-11,14,16,22,25-26H,6-7,12-13,15H2,1H3;2-3H,1H2;2H2,1H3. The van der Waals surface area contributed by atoms with E-state index in [0.717, 1.165) is 54.6 Å². The van der Waals surface area contributed by atoms with Crippen LogP contribution in [0.5, 0.6) is 5.75 Å². The molecular formula is C28H35N5O3. The van der Waals surface area contributed by atoms with Crippen LogP contribution < -0.4 is 21.1 Å². The number of nitrogens with one attached hydrogen (secondary N) is 2. The first-order valence-corrected chi connectivity index (χ1v) is 12.2. The Morgan fingerprint density at radius 1 is 1.14 bits per heavy atom. The number of nitrogens with zero attached hydrogens (tertiary/aromatic N) is 2. The summed E-state index contributed by atoms with van der Waals surface area (Å²) >= 11 is 0. The molecule has 4 N–H and O–H groups in total. The Bertz CT molecular complexity index is 1150. The molecule has 1 unspecified atom stereocenters. The van der Waals surface area contributed by atoms with Crippen molar-refractivity contribution in [2.24, 2.45) is 11.7 Å². The van der Waals surface area contributed by atoms with Crippen LogP contribution in [0.2, 0.25) is 0 Å². The maximum absolute atomic E-state index is 12.0. The van der Waals surface area contributed by atoms with Crippen LogP contribution >= 0.6 is 0 Å². The molecule has 0 saturated heterocycles. The largest absolute Gasteiger partial charge is 0.493 e. The predicted octanol–water partition coefficient (Wildman–Crippen LogP) is 4.54. The molecule has 0 spiro atoms. The highest BCUT2D eigenvalue weighted by molar-refractivity contribution is 5.92. The van der Waals surface area contributed by atoms with E-state index >= 15 is 0 Å². The third-order valence-corrected chi connectivity index (χ3v) is 6.07. The van der Waals surface area contributed by atoms with E-state index in [2.05, 4.69) is 35.1 Å². The normalized spacial score (nSPS) is 15.5. The molecule has 8 heteroatoms. The van der Waals surface area contributed by atoms with Crippen molar-refractivity contribution in [3.05, 3.63) is 72.3 Å². The molecule has 36 heavy (non-hydrogen) atoms. The number of rotatable bonds is 8. The van der Waals surface area contributed by atoms with E-state index in [4.69, 9.17) is 14.6 Å². The smallest absolute Gasteiger partial charge is 0.156 e. The highest BCUT2D eigenvalue weighted by Crippen LogP contribution is 2.38. The van der Waals surface area contributed by atoms with Crippen molar-refractivity contribution >= 4 is 24.1 Å². The fraction of sp³-hybridized carbons (Fsp3) is 0.321. The summed E-state index contributed by atoms with van der Waals surface area (Å²) in [5, 5.41) is 11.6. The van der Waals surface area contributed by atoms with Crippen LogP contribution in [0.3, 0.4) is 0 Å². The van der Waals surface area contributed by atoms with Gasteiger partial charge in [0.05, 0.1) is 18.2 Å². The molecule has 190 valence electrons. The molecule has 2 aliphatic rings. The van der Waals surface area contributed by atoms with Crippen LogP contribution in [0.1, 0.15) is 41.2 Å². The van der Waals surface area contributed by atoms with Crippen LogP contribution in [-0.2, 0) is 4.79 Å². The van der Waals surface area contributed by atoms with Gasteiger partial charge < -0.3 is 21.1 Å². The van der Waals surface area contributed by atoms with Gasteiger partial charge in [-0.1, -0.05) is 24.8 Å². The molecular weight excluding hydrogens is 454 g/mol. The second kappa shape index (κ2) is 13.3. The predicted molar refractivity (Wildman–Crippen MR) is 145 cm³/mol. The fourth-order valence-electron chi connectivity index (χ4n) is 4.13. The lowest BCUT2D eigenvalue weighted by atomic mass is 10.00. The minimum Gasteiger partial charge on any atom is -0.493 e. The third-order valence-electron chi connectivity index (χ3n) is 6.07. The minimum atomic E-state index is 0.0681. The zero-order chi connectivity index (χ0) is 25.9. The maximum Gasteiger partial charge on any atom is 0.156 e. The second-order valence-corrected chi connectivity index (χ2v) is 8.39. The molecule has 0 bridgehead atoms. The lowest BCUT2D eigenvalue weighted by molar-refractivity contribution is -0.104. The number of allylic oxidation sites excluding steroid dienone is 1. The Hall–Kier alpha value is -3.91. The molecule has 1 saturated carbocycles. The molecule has 5 rings (SSSR count). The lowest BCUT2D eigenvalue weighted by Gasteiger charge is -2.27. The van der Waals surface area contributed by atoms with Gasteiger partial charge >= 0.3 is 0 Å². The SMILES string of the molecule is C=CC=O.CN.CNc1ccccc1C1CCNc2c(C=O)c(-c3ccc(OCC4CC4)cc3)nn21. The molecule has 2 aromatic carbocycles. The van der Waals surface area contributed by atoms with Crippen molar-refractivity contribution in [2.75, 3.05) is 37.9 Å². The van der Waals surface area contributed by atoms with E-state index < -0.39 is 0 Å². The topological polar surface area (TPSA) is 111 Å². The average Bonchev–Trinajstić information content (AvgIpc) is 3.71. The van der Waals surface area contributed by atoms with Gasteiger partial charge in [-0.2, -0.15) is 5.10 Å². The number of anilines is 2. The van der Waals surface area contributed by atoms with Crippen molar-refractivity contribution in [3.8, 4) is 17.0 Å². The minimum absolute atomic E-state index is 0.0681. The Morgan fingerprint density at radius 2 is 1.83 bits per heavy atom. The number of benzene rings is 2. The zero-order valence-electron chi connectivity index (χ0n) is 20.9. The molecule has 1 aliphatic carbocycles. The van der Waals surface area contributed by atoms with Gasteiger partial charge in [0.2, 0.25) is 0 Å². The highest BCUT2D eigenvalue weighted by atomic mass is 16.5. The summed E-state index contributed by atoms with van der Waals surface area (Å²) in [5.74, 6) is 2.37. The van der Waals surface area contributed by atoms with Crippen molar-refractivity contribution in [1.29, 1.82) is 0 Å². The average molecular weight is 490 g/mol. The van der Waals surface area contributed by atoms with E-state index in [9.17, 15) is 4.79 Å². The number of ether oxygens (including phenoxy) is 1. The van der Waals surface area contributed by atoms with Crippen molar-refractivity contribution in [1.82, 2.24) is 9.78 Å². The van der Waals surface area contributed by atoms with Crippen LogP contribution in [-0.4, -0.2) is 49.6 Å². The molecule has 1 atom stereocenters. The number of hydrogen-bond acceptors (Lipinski definition) is 7. The maximum atomic E-state index is 12.0. The number of aldehydes is 2. The number of aromatic nitrogens is 2. The van der Waals surface area contributed by atoms with Gasteiger partial charge in [-0.05, 0) is 74.2 Å². The molecule has 3 aromatic rings. The Labute approximate surface area is 212 Å². The molecule has 0 amide bonds. The quantitative estimate of drug-likeness (QED) is 0.314. The molecule has 1 aromatic heterocycles. The first-order valence-electron chi connectivity index (χ1n) is 12.2. The fourth-order valence-corrected chi connectivity index (χ4v) is 4.13. The number of hydrogen-bond donors (Lipinski definition) is 3. The van der Waals surface area contributed by atoms with Crippen molar-refractivity contribution in [2.45, 2.75) is 25.3 Å². The Balaban J connectivity index is 0.000000550. The second-order valence-electron chi connectivity index (χ2n) is 8.39. The van der Waals surface area contributed by atoms with E-state index in [0.29, 0.717) is 17.5 Å². The lowest BCUT2D eigenvalue weighted by Crippen LogP contribution is -2.25. The Kier molecular flexibility index (Phi) is 9.82. The van der Waals surface area contributed by atoms with Gasteiger partial charge in [-0.3, -0.25) is 9.59 Å². The van der Waals surface area contributed by atoms with Gasteiger partial charge in [-0.25, -0.2) is 4.68 Å². The van der Waals surface area contributed by atoms with Crippen LogP contribution in [0.4, 0.5) is 11.5 Å².